The predicted molar refractivity (Wildman–Crippen MR) is 102 cm³/mol. The van der Waals surface area contributed by atoms with Gasteiger partial charge in [-0.2, -0.15) is 0 Å². The summed E-state index contributed by atoms with van der Waals surface area (Å²) in [6.07, 6.45) is 3.18. The highest BCUT2D eigenvalue weighted by atomic mass is 127. The van der Waals surface area contributed by atoms with Gasteiger partial charge in [0, 0.05) is 48.4 Å². The van der Waals surface area contributed by atoms with Crippen LogP contribution in [0.15, 0.2) is 24.3 Å². The van der Waals surface area contributed by atoms with Crippen LogP contribution in [-0.2, 0) is 4.79 Å². The lowest BCUT2D eigenvalue weighted by atomic mass is 10.2. The summed E-state index contributed by atoms with van der Waals surface area (Å²) in [6, 6.07) is 7.71. The number of hydrogen-bond donors (Lipinski definition) is 0. The second-order valence-electron chi connectivity index (χ2n) is 6.52. The summed E-state index contributed by atoms with van der Waals surface area (Å²) >= 11 is 2.24. The molecule has 0 N–H and O–H groups in total. The van der Waals surface area contributed by atoms with Gasteiger partial charge in [0.2, 0.25) is 5.91 Å². The van der Waals surface area contributed by atoms with Crippen LogP contribution >= 0.6 is 22.6 Å². The van der Waals surface area contributed by atoms with Crippen molar-refractivity contribution in [2.45, 2.75) is 19.3 Å². The molecule has 0 unspecified atom stereocenters. The number of halogens is 1. The maximum Gasteiger partial charge on any atom is 0.253 e. The Bertz CT molecular complexity index is 584. The van der Waals surface area contributed by atoms with E-state index < -0.39 is 0 Å². The zero-order valence-electron chi connectivity index (χ0n) is 13.9. The summed E-state index contributed by atoms with van der Waals surface area (Å²) in [5.41, 5.74) is 0.747. The molecule has 130 valence electrons. The smallest absolute Gasteiger partial charge is 0.253 e. The third-order valence-electron chi connectivity index (χ3n) is 4.78. The van der Waals surface area contributed by atoms with Gasteiger partial charge in [0.05, 0.1) is 6.54 Å². The number of hydrogen-bond acceptors (Lipinski definition) is 3. The van der Waals surface area contributed by atoms with E-state index in [1.54, 1.807) is 0 Å². The molecular formula is C18H24IN3O2. The Labute approximate surface area is 157 Å². The SMILES string of the molecule is O=C(CN1CCCN(C(=O)c2ccc(I)cc2)CC1)N1CCCC1. The maximum atomic E-state index is 12.6. The van der Waals surface area contributed by atoms with Crippen molar-refractivity contribution in [2.75, 3.05) is 45.8 Å². The van der Waals surface area contributed by atoms with Crippen LogP contribution in [0.25, 0.3) is 0 Å². The lowest BCUT2D eigenvalue weighted by molar-refractivity contribution is -0.131. The molecule has 0 atom stereocenters. The first-order valence-electron chi connectivity index (χ1n) is 8.68. The van der Waals surface area contributed by atoms with E-state index in [1.807, 2.05) is 34.1 Å². The molecular weight excluding hydrogens is 417 g/mol. The molecule has 2 amide bonds. The molecule has 3 rings (SSSR count). The molecule has 5 nitrogen and oxygen atoms in total. The minimum Gasteiger partial charge on any atom is -0.342 e. The van der Waals surface area contributed by atoms with Crippen LogP contribution < -0.4 is 0 Å². The molecule has 0 radical (unpaired) electrons. The Balaban J connectivity index is 1.53. The number of carbonyl (C=O) groups is 2. The van der Waals surface area contributed by atoms with Gasteiger partial charge < -0.3 is 9.80 Å². The van der Waals surface area contributed by atoms with Gasteiger partial charge in [-0.15, -0.1) is 0 Å². The molecule has 2 aliphatic heterocycles. The van der Waals surface area contributed by atoms with Gasteiger partial charge in [-0.25, -0.2) is 0 Å². The van der Waals surface area contributed by atoms with Crippen molar-refractivity contribution in [3.05, 3.63) is 33.4 Å². The van der Waals surface area contributed by atoms with E-state index in [0.29, 0.717) is 13.1 Å². The van der Waals surface area contributed by atoms with Crippen LogP contribution in [-0.4, -0.2) is 72.3 Å². The van der Waals surface area contributed by atoms with Crippen molar-refractivity contribution in [3.63, 3.8) is 0 Å². The molecule has 0 saturated carbocycles. The summed E-state index contributed by atoms with van der Waals surface area (Å²) in [6.45, 7) is 5.42. The van der Waals surface area contributed by atoms with Crippen molar-refractivity contribution in [2.24, 2.45) is 0 Å². The van der Waals surface area contributed by atoms with Crippen molar-refractivity contribution in [1.29, 1.82) is 0 Å². The summed E-state index contributed by atoms with van der Waals surface area (Å²) in [4.78, 5) is 31.0. The highest BCUT2D eigenvalue weighted by molar-refractivity contribution is 14.1. The summed E-state index contributed by atoms with van der Waals surface area (Å²) < 4.78 is 1.13. The lowest BCUT2D eigenvalue weighted by Gasteiger charge is -2.24. The zero-order valence-corrected chi connectivity index (χ0v) is 16.1. The van der Waals surface area contributed by atoms with Gasteiger partial charge in [0.15, 0.2) is 0 Å². The van der Waals surface area contributed by atoms with E-state index >= 15 is 0 Å². The van der Waals surface area contributed by atoms with Crippen LogP contribution in [0.3, 0.4) is 0 Å². The van der Waals surface area contributed by atoms with Crippen LogP contribution in [0.5, 0.6) is 0 Å². The molecule has 1 aromatic carbocycles. The molecule has 1 aromatic rings. The molecule has 2 saturated heterocycles. The van der Waals surface area contributed by atoms with Crippen LogP contribution in [0.2, 0.25) is 0 Å². The first-order chi connectivity index (χ1) is 11.6. The first-order valence-corrected chi connectivity index (χ1v) is 9.76. The number of carbonyl (C=O) groups excluding carboxylic acids is 2. The molecule has 2 aliphatic rings. The third-order valence-corrected chi connectivity index (χ3v) is 5.50. The first kappa shape index (κ1) is 17.7. The topological polar surface area (TPSA) is 43.9 Å². The summed E-state index contributed by atoms with van der Waals surface area (Å²) in [5.74, 6) is 0.337. The zero-order chi connectivity index (χ0) is 16.9. The Morgan fingerprint density at radius 3 is 2.21 bits per heavy atom. The Kier molecular flexibility index (Phi) is 6.10. The molecule has 0 bridgehead atoms. The third kappa shape index (κ3) is 4.47. The van der Waals surface area contributed by atoms with E-state index in [-0.39, 0.29) is 11.8 Å². The van der Waals surface area contributed by atoms with Crippen LogP contribution in [0, 0.1) is 3.57 Å². The van der Waals surface area contributed by atoms with Gasteiger partial charge >= 0.3 is 0 Å². The summed E-state index contributed by atoms with van der Waals surface area (Å²) in [5, 5.41) is 0. The number of nitrogens with zero attached hydrogens (tertiary/aromatic N) is 3. The van der Waals surface area contributed by atoms with Gasteiger partial charge in [0.1, 0.15) is 0 Å². The largest absolute Gasteiger partial charge is 0.342 e. The Hall–Kier alpha value is -1.15. The second-order valence-corrected chi connectivity index (χ2v) is 7.76. The van der Waals surface area contributed by atoms with E-state index in [9.17, 15) is 9.59 Å². The number of likely N-dealkylation sites (tertiary alicyclic amines) is 1. The fraction of sp³-hybridized carbons (Fsp3) is 0.556. The Morgan fingerprint density at radius 2 is 1.50 bits per heavy atom. The van der Waals surface area contributed by atoms with Gasteiger partial charge in [-0.3, -0.25) is 14.5 Å². The molecule has 2 fully saturated rings. The molecule has 0 aromatic heterocycles. The Morgan fingerprint density at radius 1 is 0.833 bits per heavy atom. The minimum atomic E-state index is 0.0964. The molecule has 24 heavy (non-hydrogen) atoms. The number of rotatable bonds is 3. The average molecular weight is 441 g/mol. The van der Waals surface area contributed by atoms with E-state index in [0.717, 1.165) is 61.1 Å². The van der Waals surface area contributed by atoms with Gasteiger partial charge in [-0.05, 0) is 66.1 Å². The van der Waals surface area contributed by atoms with Crippen molar-refractivity contribution in [3.8, 4) is 0 Å². The monoisotopic (exact) mass is 441 g/mol. The van der Waals surface area contributed by atoms with Crippen LogP contribution in [0.4, 0.5) is 0 Å². The standard InChI is InChI=1S/C18H24IN3O2/c19-16-6-4-15(5-7-16)18(24)22-11-3-8-20(12-13-22)14-17(23)21-9-1-2-10-21/h4-7H,1-3,8-14H2. The summed E-state index contributed by atoms with van der Waals surface area (Å²) in [7, 11) is 0. The van der Waals surface area contributed by atoms with Crippen molar-refractivity contribution < 1.29 is 9.59 Å². The minimum absolute atomic E-state index is 0.0964. The van der Waals surface area contributed by atoms with Gasteiger partial charge in [0.25, 0.3) is 5.91 Å². The van der Waals surface area contributed by atoms with Crippen LogP contribution in [0.1, 0.15) is 29.6 Å². The normalized spacial score (nSPS) is 19.4. The molecule has 6 heteroatoms. The number of benzene rings is 1. The van der Waals surface area contributed by atoms with Gasteiger partial charge in [-0.1, -0.05) is 0 Å². The van der Waals surface area contributed by atoms with E-state index in [2.05, 4.69) is 27.5 Å². The highest BCUT2D eigenvalue weighted by Crippen LogP contribution is 2.13. The second kappa shape index (κ2) is 8.29. The fourth-order valence-electron chi connectivity index (χ4n) is 3.36. The molecule has 0 spiro atoms. The quantitative estimate of drug-likeness (QED) is 0.675. The lowest BCUT2D eigenvalue weighted by Crippen LogP contribution is -2.41. The van der Waals surface area contributed by atoms with E-state index in [1.165, 1.54) is 0 Å². The fourth-order valence-corrected chi connectivity index (χ4v) is 3.72. The predicted octanol–water partition coefficient (Wildman–Crippen LogP) is 2.06. The molecule has 2 heterocycles. The highest BCUT2D eigenvalue weighted by Gasteiger charge is 2.24. The average Bonchev–Trinajstić information content (AvgIpc) is 3.03. The maximum absolute atomic E-state index is 12.6. The number of amides is 2. The van der Waals surface area contributed by atoms with Crippen molar-refractivity contribution >= 4 is 34.4 Å². The molecule has 0 aliphatic carbocycles. The van der Waals surface area contributed by atoms with E-state index in [4.69, 9.17) is 0 Å². The van der Waals surface area contributed by atoms with Crippen molar-refractivity contribution in [1.82, 2.24) is 14.7 Å².